The quantitative estimate of drug-likeness (QED) is 0.0249. The van der Waals surface area contributed by atoms with Gasteiger partial charge in [0.2, 0.25) is 24.2 Å². The van der Waals surface area contributed by atoms with Gasteiger partial charge in [0.15, 0.2) is 34.8 Å². The summed E-state index contributed by atoms with van der Waals surface area (Å²) in [4.78, 5) is 106. The Kier molecular flexibility index (Phi) is 15.8. The standard InChI is InChI=1S/C34H45F2N15O24P4/c1-48-10-51(24-17(48)27(56)47-33(39)44-24)30-34(35,36)11(4-65-2)12(72-30)5-68-77(59,60)74-79(63,64)75-78(61,62)69-7-14-20(21(66-3)29(71-14)50-9-41-16-23(50)43-32(38)46-26(16)55)73-76(57,58)67-6-13-18(52)19(53)28(70-13)49-8-40-15-22(49)42-31(37)45-25(15)54/h8-14,18-21,28-30,52-53H,4-7H2,1-3H3,(H12-,37,38,39,42,43,44,45,46,47,54,55,56,57,58,59,60,61,62,63,64)/p+1/t11-,12-,13-,14-,18-,19-,20-,21-,28-,29-,30?/m1/s1. The monoisotopic (exact) mass is 1210 g/mol. The Morgan fingerprint density at radius 2 is 1.15 bits per heavy atom. The number of H-pyrrole nitrogens is 3. The van der Waals surface area contributed by atoms with E-state index in [1.165, 1.54) is 7.05 Å². The summed E-state index contributed by atoms with van der Waals surface area (Å²) < 4.78 is 145. The Hall–Kier alpha value is -5.45. The first-order valence-corrected chi connectivity index (χ1v) is 28.2. The van der Waals surface area contributed by atoms with E-state index >= 15 is 8.78 Å². The zero-order chi connectivity index (χ0) is 57.5. The number of aromatic amines is 3. The number of aromatic nitrogens is 12. The molecule has 0 aromatic carbocycles. The van der Waals surface area contributed by atoms with Crippen LogP contribution in [0.15, 0.2) is 33.4 Å². The number of nitrogens with two attached hydrogens (primary N) is 3. The number of methoxy groups -OCH3 is 2. The van der Waals surface area contributed by atoms with Gasteiger partial charge in [-0.3, -0.25) is 56.6 Å². The molecule has 0 spiro atoms. The number of alkyl halides is 2. The van der Waals surface area contributed by atoms with E-state index in [4.69, 9.17) is 59.0 Å². The number of rotatable bonds is 21. The van der Waals surface area contributed by atoms with Crippen molar-refractivity contribution in [2.24, 2.45) is 13.0 Å². The van der Waals surface area contributed by atoms with Crippen molar-refractivity contribution in [2.45, 2.75) is 67.3 Å². The van der Waals surface area contributed by atoms with Crippen LogP contribution in [0, 0.1) is 5.92 Å². The van der Waals surface area contributed by atoms with Crippen molar-refractivity contribution < 1.29 is 112 Å². The fourth-order valence-corrected chi connectivity index (χ4v) is 13.3. The highest BCUT2D eigenvalue weighted by Crippen LogP contribution is 2.68. The van der Waals surface area contributed by atoms with E-state index in [2.05, 4.69) is 48.5 Å². The maximum absolute atomic E-state index is 16.1. The molecule has 3 fully saturated rings. The summed E-state index contributed by atoms with van der Waals surface area (Å²) in [6.45, 7) is -4.49. The summed E-state index contributed by atoms with van der Waals surface area (Å²) in [5.74, 6) is -7.12. The average molecular weight is 1210 g/mol. The Labute approximate surface area is 435 Å². The Morgan fingerprint density at radius 3 is 1.71 bits per heavy atom. The van der Waals surface area contributed by atoms with Crippen LogP contribution >= 0.6 is 31.3 Å². The number of nitrogens with zero attached hydrogens (tertiary/aromatic N) is 9. The molecule has 3 aliphatic rings. The largest absolute Gasteiger partial charge is 0.490 e. The predicted octanol–water partition coefficient (Wildman–Crippen LogP) is -3.24. The molecule has 79 heavy (non-hydrogen) atoms. The molecular weight excluding hydrogens is 1160 g/mol. The highest BCUT2D eigenvalue weighted by molar-refractivity contribution is 7.66. The summed E-state index contributed by atoms with van der Waals surface area (Å²) in [6.07, 6.45) is -15.2. The number of aliphatic hydroxyl groups is 2. The summed E-state index contributed by atoms with van der Waals surface area (Å²) in [6, 6.07) is 0. The molecule has 39 nitrogen and oxygen atoms in total. The lowest BCUT2D eigenvalue weighted by Crippen LogP contribution is -2.38. The lowest BCUT2D eigenvalue weighted by molar-refractivity contribution is -0.646. The van der Waals surface area contributed by atoms with Gasteiger partial charge in [0, 0.05) is 14.2 Å². The van der Waals surface area contributed by atoms with E-state index in [9.17, 15) is 62.4 Å². The van der Waals surface area contributed by atoms with E-state index in [0.29, 0.717) is 0 Å². The van der Waals surface area contributed by atoms with E-state index in [-0.39, 0.29) is 39.4 Å². The third-order valence-electron chi connectivity index (χ3n) is 12.2. The summed E-state index contributed by atoms with van der Waals surface area (Å²) >= 11 is 0. The number of hydrogen-bond donors (Lipinski definition) is 12. The van der Waals surface area contributed by atoms with Crippen LogP contribution in [0.3, 0.4) is 0 Å². The van der Waals surface area contributed by atoms with Crippen LogP contribution in [0.1, 0.15) is 18.7 Å². The van der Waals surface area contributed by atoms with Crippen LogP contribution in [0.2, 0.25) is 0 Å². The zero-order valence-electron chi connectivity index (χ0n) is 40.2. The van der Waals surface area contributed by atoms with Crippen molar-refractivity contribution in [3.05, 3.63) is 50.0 Å². The molecule has 5 unspecified atom stereocenters. The first kappa shape index (κ1) is 58.2. The summed E-state index contributed by atoms with van der Waals surface area (Å²) in [5, 5.41) is 21.7. The van der Waals surface area contributed by atoms with Crippen LogP contribution in [-0.2, 0) is 75.7 Å². The van der Waals surface area contributed by atoms with Gasteiger partial charge in [-0.25, -0.2) is 32.8 Å². The molecule has 15 N–H and O–H groups in total. The van der Waals surface area contributed by atoms with Gasteiger partial charge < -0.3 is 70.7 Å². The second kappa shape index (κ2) is 21.5. The minimum absolute atomic E-state index is 0.176. The van der Waals surface area contributed by atoms with Crippen molar-refractivity contribution in [3.63, 3.8) is 0 Å². The van der Waals surface area contributed by atoms with Crippen molar-refractivity contribution in [3.8, 4) is 0 Å². The Bertz CT molecular complexity index is 3690. The first-order chi connectivity index (χ1) is 36.9. The molecular formula is C34H46F2N15O24P4+. The molecule has 3 saturated heterocycles. The van der Waals surface area contributed by atoms with E-state index in [0.717, 1.165) is 51.5 Å². The van der Waals surface area contributed by atoms with Gasteiger partial charge in [-0.1, -0.05) is 0 Å². The molecule has 0 aliphatic carbocycles. The van der Waals surface area contributed by atoms with Crippen molar-refractivity contribution in [2.75, 3.05) is 57.8 Å². The third-order valence-corrected chi connectivity index (χ3v) is 17.4. The molecule has 45 heteroatoms. The second-order valence-corrected chi connectivity index (χ2v) is 23.4. The number of aliphatic hydroxyl groups excluding tert-OH is 2. The van der Waals surface area contributed by atoms with Gasteiger partial charge in [0.1, 0.15) is 36.6 Å². The van der Waals surface area contributed by atoms with Crippen LogP contribution in [0.4, 0.5) is 26.6 Å². The SMILES string of the molecule is COC[C@@H]1[C@@H](COP(=O)(O)OP(=O)(O)OP(=O)(O)OC[C@H]2O[C@@H](n3cnc4c(=O)[nH]c(N)nc43)[C@H](OC)[C@@H]2OP(=O)(O)OC[C@H]2O[C@@H](n3cnc4c(=O)[nH]c(N)nc43)[C@H](O)[C@@H]2O)OC(n2c[n+](C)c3c(=O)[nH]c(N)nc32)C1(F)F. The molecule has 15 atom stereocenters. The maximum Gasteiger partial charge on any atom is 0.490 e. The number of aryl methyl sites for hydroxylation is 1. The molecule has 0 saturated carbocycles. The molecule has 9 rings (SSSR count). The zero-order valence-corrected chi connectivity index (χ0v) is 43.8. The molecule has 3 aliphatic heterocycles. The summed E-state index contributed by atoms with van der Waals surface area (Å²) in [7, 11) is -20.5. The van der Waals surface area contributed by atoms with Crippen molar-refractivity contribution in [1.29, 1.82) is 0 Å². The van der Waals surface area contributed by atoms with E-state index in [1.54, 1.807) is 0 Å². The minimum atomic E-state index is -6.32. The average Bonchev–Trinajstić information content (AvgIpc) is 4.31. The number of ether oxygens (including phenoxy) is 5. The summed E-state index contributed by atoms with van der Waals surface area (Å²) in [5.41, 5.74) is 13.1. The first-order valence-electron chi connectivity index (χ1n) is 22.2. The normalized spacial score (nSPS) is 29.3. The highest BCUT2D eigenvalue weighted by atomic mass is 31.3. The topological polar surface area (TPSA) is 551 Å². The van der Waals surface area contributed by atoms with Crippen LogP contribution in [0.5, 0.6) is 0 Å². The Balaban J connectivity index is 0.884. The van der Waals surface area contributed by atoms with Crippen LogP contribution in [-0.4, -0.2) is 173 Å². The van der Waals surface area contributed by atoms with E-state index in [1.807, 2.05) is 0 Å². The van der Waals surface area contributed by atoms with Gasteiger partial charge in [0.05, 0.1) is 58.2 Å². The van der Waals surface area contributed by atoms with Crippen LogP contribution in [0.25, 0.3) is 33.5 Å². The molecule has 0 amide bonds. The van der Waals surface area contributed by atoms with E-state index < -0.39 is 160 Å². The number of anilines is 3. The number of fused-ring (bicyclic) bond motifs is 3. The van der Waals surface area contributed by atoms with Gasteiger partial charge >= 0.3 is 42.8 Å². The van der Waals surface area contributed by atoms with Gasteiger partial charge in [-0.05, 0) is 0 Å². The van der Waals surface area contributed by atoms with Gasteiger partial charge in [-0.2, -0.15) is 36.9 Å². The van der Waals surface area contributed by atoms with Gasteiger partial charge in [-0.15, -0.1) is 0 Å². The molecule has 6 aromatic rings. The number of phosphoric ester groups is 3. The van der Waals surface area contributed by atoms with Crippen LogP contribution < -0.4 is 38.4 Å². The van der Waals surface area contributed by atoms with Gasteiger partial charge in [0.25, 0.3) is 28.5 Å². The smallest absolute Gasteiger partial charge is 0.387 e. The minimum Gasteiger partial charge on any atom is -0.387 e. The fraction of sp³-hybridized carbons (Fsp3) is 0.559. The lowest BCUT2D eigenvalue weighted by atomic mass is 9.98. The van der Waals surface area contributed by atoms with Crippen molar-refractivity contribution >= 4 is 82.6 Å². The van der Waals surface area contributed by atoms with Crippen molar-refractivity contribution in [1.82, 2.24) is 53.6 Å². The second-order valence-electron chi connectivity index (χ2n) is 17.4. The molecule has 9 heterocycles. The number of nitrogens with one attached hydrogen (secondary N) is 3. The highest BCUT2D eigenvalue weighted by Gasteiger charge is 2.63. The predicted molar refractivity (Wildman–Crippen MR) is 250 cm³/mol. The number of halogens is 2. The molecule has 0 bridgehead atoms. The fourth-order valence-electron chi connectivity index (χ4n) is 8.84. The third kappa shape index (κ3) is 11.6. The molecule has 434 valence electrons. The lowest BCUT2D eigenvalue weighted by Gasteiger charge is -2.26. The number of imidazole rings is 3. The molecule has 0 radical (unpaired) electrons. The maximum atomic E-state index is 16.1. The Morgan fingerprint density at radius 1 is 0.658 bits per heavy atom. The number of phosphoric acid groups is 4. The molecule has 6 aromatic heterocycles. The number of hydrogen-bond acceptors (Lipinski definition) is 28. The number of nitrogen functional groups attached to an aromatic ring is 3.